The Labute approximate surface area is 135 Å². The molecule has 1 fully saturated rings. The van der Waals surface area contributed by atoms with Gasteiger partial charge in [-0.1, -0.05) is 57.7 Å². The monoisotopic (exact) mass is 323 g/mol. The van der Waals surface area contributed by atoms with Gasteiger partial charge in [-0.15, -0.1) is 0 Å². The third-order valence-corrected chi connectivity index (χ3v) is 7.99. The molecule has 1 aromatic carbocycles. The van der Waals surface area contributed by atoms with Gasteiger partial charge in [0.25, 0.3) is 0 Å². The maximum atomic E-state index is 13.7. The van der Waals surface area contributed by atoms with Crippen molar-refractivity contribution in [1.29, 1.82) is 0 Å². The summed E-state index contributed by atoms with van der Waals surface area (Å²) in [5.41, 5.74) is 1.05. The Bertz CT molecular complexity index is 483. The van der Waals surface area contributed by atoms with Gasteiger partial charge in [0, 0.05) is 11.8 Å². The quantitative estimate of drug-likeness (QED) is 0.480. The van der Waals surface area contributed by atoms with Crippen LogP contribution >= 0.6 is 7.37 Å². The van der Waals surface area contributed by atoms with E-state index in [-0.39, 0.29) is 5.28 Å². The number of rotatable bonds is 8. The Morgan fingerprint density at radius 2 is 1.82 bits per heavy atom. The zero-order chi connectivity index (χ0) is 15.9. The summed E-state index contributed by atoms with van der Waals surface area (Å²) < 4.78 is 19.7. The number of para-hydroxylation sites is 1. The molecule has 1 unspecified atom stereocenters. The lowest BCUT2D eigenvalue weighted by Gasteiger charge is -2.44. The van der Waals surface area contributed by atoms with Crippen LogP contribution in [0.3, 0.4) is 0 Å². The van der Waals surface area contributed by atoms with Crippen LogP contribution in [-0.2, 0) is 9.09 Å². The molecule has 124 valence electrons. The van der Waals surface area contributed by atoms with Crippen LogP contribution in [0.2, 0.25) is 0 Å². The fraction of sp³-hybridized carbons (Fsp3) is 0.667. The first-order valence-corrected chi connectivity index (χ1v) is 10.5. The van der Waals surface area contributed by atoms with E-state index in [1.54, 1.807) is 0 Å². The molecule has 22 heavy (non-hydrogen) atoms. The van der Waals surface area contributed by atoms with Gasteiger partial charge in [-0.25, -0.2) is 0 Å². The van der Waals surface area contributed by atoms with Crippen molar-refractivity contribution in [3.8, 4) is 0 Å². The molecular formula is C18H30NO2P. The van der Waals surface area contributed by atoms with Crippen molar-refractivity contribution in [2.45, 2.75) is 64.1 Å². The van der Waals surface area contributed by atoms with Crippen LogP contribution in [0.1, 0.15) is 58.8 Å². The minimum Gasteiger partial charge on any atom is -0.371 e. The van der Waals surface area contributed by atoms with Crippen LogP contribution in [0, 0.1) is 0 Å². The zero-order valence-electron chi connectivity index (χ0n) is 14.0. The largest absolute Gasteiger partial charge is 0.371 e. The SMILES string of the molecule is CCCCOP(=O)(CC)C1(Nc2ccccc2)CCCCC1. The molecule has 2 rings (SSSR count). The lowest BCUT2D eigenvalue weighted by molar-refractivity contribution is 0.272. The highest BCUT2D eigenvalue weighted by molar-refractivity contribution is 7.60. The smallest absolute Gasteiger partial charge is 0.227 e. The Balaban J connectivity index is 2.24. The standard InChI is InChI=1S/C18H30NO2P/c1-3-5-16-21-22(20,4-2)18(14-10-7-11-15-18)19-17-12-8-6-9-13-17/h6,8-9,12-13,19H,3-5,7,10-11,14-16H2,1-2H3. The van der Waals surface area contributed by atoms with E-state index < -0.39 is 7.37 Å². The first-order valence-electron chi connectivity index (χ1n) is 8.73. The predicted octanol–water partition coefficient (Wildman–Crippen LogP) is 5.87. The van der Waals surface area contributed by atoms with Crippen molar-refractivity contribution in [2.75, 3.05) is 18.1 Å². The fourth-order valence-corrected chi connectivity index (χ4v) is 6.11. The third-order valence-electron chi connectivity index (χ3n) is 4.70. The van der Waals surface area contributed by atoms with Crippen LogP contribution in [0.25, 0.3) is 0 Å². The molecule has 1 aliphatic carbocycles. The summed E-state index contributed by atoms with van der Waals surface area (Å²) in [6, 6.07) is 10.2. The van der Waals surface area contributed by atoms with Gasteiger partial charge >= 0.3 is 0 Å². The number of hydrogen-bond acceptors (Lipinski definition) is 3. The molecule has 0 saturated heterocycles. The van der Waals surface area contributed by atoms with Crippen molar-refractivity contribution in [3.05, 3.63) is 30.3 Å². The Morgan fingerprint density at radius 1 is 1.14 bits per heavy atom. The number of nitrogens with one attached hydrogen (secondary N) is 1. The minimum absolute atomic E-state index is 0.380. The maximum Gasteiger partial charge on any atom is 0.227 e. The van der Waals surface area contributed by atoms with Gasteiger partial charge < -0.3 is 9.84 Å². The van der Waals surface area contributed by atoms with Gasteiger partial charge in [0.1, 0.15) is 5.28 Å². The van der Waals surface area contributed by atoms with Crippen LogP contribution in [-0.4, -0.2) is 18.0 Å². The molecule has 4 heteroatoms. The molecule has 0 amide bonds. The molecule has 0 aromatic heterocycles. The van der Waals surface area contributed by atoms with Gasteiger partial charge in [0.15, 0.2) is 0 Å². The van der Waals surface area contributed by atoms with Crippen LogP contribution in [0.5, 0.6) is 0 Å². The first-order chi connectivity index (χ1) is 10.7. The average Bonchev–Trinajstić information content (AvgIpc) is 2.56. The van der Waals surface area contributed by atoms with Crippen molar-refractivity contribution in [2.24, 2.45) is 0 Å². The topological polar surface area (TPSA) is 38.3 Å². The van der Waals surface area contributed by atoms with E-state index in [0.29, 0.717) is 12.8 Å². The third kappa shape index (κ3) is 3.94. The lowest BCUT2D eigenvalue weighted by atomic mass is 9.94. The highest BCUT2D eigenvalue weighted by Crippen LogP contribution is 2.63. The van der Waals surface area contributed by atoms with Crippen molar-refractivity contribution in [3.63, 3.8) is 0 Å². The number of unbranched alkanes of at least 4 members (excludes halogenated alkanes) is 1. The Hall–Kier alpha value is -0.790. The minimum atomic E-state index is -2.71. The van der Waals surface area contributed by atoms with E-state index >= 15 is 0 Å². The van der Waals surface area contributed by atoms with Gasteiger partial charge in [-0.2, -0.15) is 0 Å². The molecular weight excluding hydrogens is 293 g/mol. The van der Waals surface area contributed by atoms with Crippen molar-refractivity contribution >= 4 is 13.1 Å². The molecule has 0 spiro atoms. The highest BCUT2D eigenvalue weighted by atomic mass is 31.2. The summed E-state index contributed by atoms with van der Waals surface area (Å²) in [6.07, 6.45) is 8.03. The fourth-order valence-electron chi connectivity index (χ4n) is 3.35. The molecule has 1 saturated carbocycles. The molecule has 3 nitrogen and oxygen atoms in total. The summed E-state index contributed by atoms with van der Waals surface area (Å²) in [5, 5.41) is 3.24. The van der Waals surface area contributed by atoms with Gasteiger partial charge in [0.2, 0.25) is 7.37 Å². The summed E-state index contributed by atoms with van der Waals surface area (Å²) in [7, 11) is -2.71. The molecule has 1 aromatic rings. The summed E-state index contributed by atoms with van der Waals surface area (Å²) in [4.78, 5) is 0. The van der Waals surface area contributed by atoms with Gasteiger partial charge in [-0.05, 0) is 31.4 Å². The molecule has 0 heterocycles. The number of hydrogen-bond donors (Lipinski definition) is 1. The van der Waals surface area contributed by atoms with E-state index in [1.165, 1.54) is 6.42 Å². The molecule has 1 aliphatic rings. The average molecular weight is 323 g/mol. The Kier molecular flexibility index (Phi) is 6.52. The molecule has 0 radical (unpaired) electrons. The second-order valence-electron chi connectivity index (χ2n) is 6.26. The van der Waals surface area contributed by atoms with E-state index in [4.69, 9.17) is 4.52 Å². The van der Waals surface area contributed by atoms with Crippen LogP contribution < -0.4 is 5.32 Å². The number of anilines is 1. The normalized spacial score (nSPS) is 20.3. The predicted molar refractivity (Wildman–Crippen MR) is 94.9 cm³/mol. The highest BCUT2D eigenvalue weighted by Gasteiger charge is 2.48. The molecule has 1 N–H and O–H groups in total. The lowest BCUT2D eigenvalue weighted by Crippen LogP contribution is -2.41. The van der Waals surface area contributed by atoms with E-state index in [0.717, 1.165) is 44.2 Å². The molecule has 0 bridgehead atoms. The summed E-state index contributed by atoms with van der Waals surface area (Å²) in [5.74, 6) is 0. The molecule has 1 atom stereocenters. The second kappa shape index (κ2) is 8.17. The zero-order valence-corrected chi connectivity index (χ0v) is 14.9. The van der Waals surface area contributed by atoms with Gasteiger partial charge in [0.05, 0.1) is 6.61 Å². The van der Waals surface area contributed by atoms with E-state index in [1.807, 2.05) is 25.1 Å². The van der Waals surface area contributed by atoms with Crippen LogP contribution in [0.15, 0.2) is 30.3 Å². The van der Waals surface area contributed by atoms with Crippen molar-refractivity contribution in [1.82, 2.24) is 0 Å². The summed E-state index contributed by atoms with van der Waals surface area (Å²) >= 11 is 0. The second-order valence-corrected chi connectivity index (χ2v) is 9.35. The van der Waals surface area contributed by atoms with E-state index in [2.05, 4.69) is 24.4 Å². The number of benzene rings is 1. The van der Waals surface area contributed by atoms with Crippen LogP contribution in [0.4, 0.5) is 5.69 Å². The first kappa shape index (κ1) is 17.6. The summed E-state index contributed by atoms with van der Waals surface area (Å²) in [6.45, 7) is 4.76. The maximum absolute atomic E-state index is 13.7. The van der Waals surface area contributed by atoms with Gasteiger partial charge in [-0.3, -0.25) is 4.57 Å². The molecule has 0 aliphatic heterocycles. The van der Waals surface area contributed by atoms with E-state index in [9.17, 15) is 4.57 Å². The van der Waals surface area contributed by atoms with Crippen molar-refractivity contribution < 1.29 is 9.09 Å². The Morgan fingerprint density at radius 3 is 2.41 bits per heavy atom.